The lowest BCUT2D eigenvalue weighted by Crippen LogP contribution is -2.20. The number of carbonyl (C=O) groups excluding carboxylic acids is 1. The van der Waals surface area contributed by atoms with Crippen LogP contribution >= 0.6 is 27.3 Å². The van der Waals surface area contributed by atoms with Crippen LogP contribution in [0.5, 0.6) is 11.6 Å². The van der Waals surface area contributed by atoms with Crippen molar-refractivity contribution < 1.29 is 23.4 Å². The van der Waals surface area contributed by atoms with E-state index in [0.717, 1.165) is 15.8 Å². The predicted octanol–water partition coefficient (Wildman–Crippen LogP) is 5.94. The summed E-state index contributed by atoms with van der Waals surface area (Å²) in [6.07, 6.45) is 2.41. The van der Waals surface area contributed by atoms with Gasteiger partial charge in [0.15, 0.2) is 5.82 Å². The highest BCUT2D eigenvalue weighted by molar-refractivity contribution is 9.10. The number of rotatable bonds is 7. The quantitative estimate of drug-likeness (QED) is 0.233. The zero-order valence-corrected chi connectivity index (χ0v) is 24.7. The van der Waals surface area contributed by atoms with Gasteiger partial charge < -0.3 is 19.5 Å². The molecule has 0 aliphatic carbocycles. The molecule has 0 radical (unpaired) electrons. The van der Waals surface area contributed by atoms with Crippen LogP contribution in [0.3, 0.4) is 0 Å². The molecule has 1 atom stereocenters. The van der Waals surface area contributed by atoms with E-state index in [1.165, 1.54) is 30.6 Å². The summed E-state index contributed by atoms with van der Waals surface area (Å²) in [5, 5.41) is 12.1. The van der Waals surface area contributed by atoms with Gasteiger partial charge in [0, 0.05) is 34.8 Å². The van der Waals surface area contributed by atoms with E-state index in [2.05, 4.69) is 41.5 Å². The normalized spacial score (nSPS) is 14.5. The van der Waals surface area contributed by atoms with Gasteiger partial charge in [-0.2, -0.15) is 4.98 Å². The third kappa shape index (κ3) is 5.16. The number of methoxy groups -OCH3 is 2. The van der Waals surface area contributed by atoms with E-state index in [1.54, 1.807) is 24.1 Å². The average Bonchev–Trinajstić information content (AvgIpc) is 3.58. The maximum absolute atomic E-state index is 15.0. The molecule has 1 N–H and O–H groups in total. The SMILES string of the molecule is COCc1nc(OC)c2c(C)c(C(=O)Nc3ccc(F)c(-c4cn([C@H]5CCOc6ccc(Br)cc65)nn4)c3)sc2n1. The largest absolute Gasteiger partial charge is 0.493 e. The number of aromatic nitrogens is 5. The van der Waals surface area contributed by atoms with Gasteiger partial charge in [0.05, 0.1) is 36.2 Å². The lowest BCUT2D eigenvalue weighted by Gasteiger charge is -2.25. The second kappa shape index (κ2) is 11.1. The van der Waals surface area contributed by atoms with Crippen molar-refractivity contribution in [2.75, 3.05) is 26.1 Å². The van der Waals surface area contributed by atoms with Crippen molar-refractivity contribution in [1.82, 2.24) is 25.0 Å². The van der Waals surface area contributed by atoms with Gasteiger partial charge in [0.1, 0.15) is 28.7 Å². The van der Waals surface area contributed by atoms with Gasteiger partial charge in [-0.05, 0) is 48.9 Å². The van der Waals surface area contributed by atoms with Crippen molar-refractivity contribution >= 4 is 49.1 Å². The minimum Gasteiger partial charge on any atom is -0.493 e. The van der Waals surface area contributed by atoms with Crippen LogP contribution in [-0.2, 0) is 11.3 Å². The number of fused-ring (bicyclic) bond motifs is 2. The summed E-state index contributed by atoms with van der Waals surface area (Å²) in [5.41, 5.74) is 2.65. The van der Waals surface area contributed by atoms with Crippen LogP contribution in [0.2, 0.25) is 0 Å². The standard InChI is InChI=1S/C28H24BrFN6O4S/c1-14-24-27(39-3)32-23(13-38-2)33-28(24)41-25(14)26(37)31-16-5-6-19(30)17(11-16)20-12-36(35-34-20)21-8-9-40-22-7-4-15(29)10-18(21)22/h4-7,10-12,21H,8-9,13H2,1-3H3,(H,31,37)/t21-/m0/s1. The van der Waals surface area contributed by atoms with Crippen LogP contribution < -0.4 is 14.8 Å². The number of anilines is 1. The van der Waals surface area contributed by atoms with Crippen LogP contribution in [0.1, 0.15) is 39.1 Å². The smallest absolute Gasteiger partial charge is 0.266 e. The highest BCUT2D eigenvalue weighted by Crippen LogP contribution is 2.38. The summed E-state index contributed by atoms with van der Waals surface area (Å²) in [7, 11) is 3.07. The molecular formula is C28H24BrFN6O4S. The number of nitrogens with zero attached hydrogens (tertiary/aromatic N) is 5. The van der Waals surface area contributed by atoms with Crippen molar-refractivity contribution in [3.8, 4) is 22.9 Å². The number of amides is 1. The van der Waals surface area contributed by atoms with Crippen LogP contribution in [0.4, 0.5) is 10.1 Å². The highest BCUT2D eigenvalue weighted by atomic mass is 79.9. The molecule has 210 valence electrons. The van der Waals surface area contributed by atoms with Gasteiger partial charge >= 0.3 is 0 Å². The van der Waals surface area contributed by atoms with Gasteiger partial charge in [-0.3, -0.25) is 4.79 Å². The van der Waals surface area contributed by atoms with E-state index < -0.39 is 5.82 Å². The first-order chi connectivity index (χ1) is 19.9. The maximum Gasteiger partial charge on any atom is 0.266 e. The Bertz CT molecular complexity index is 1790. The number of hydrogen-bond donors (Lipinski definition) is 1. The van der Waals surface area contributed by atoms with E-state index in [-0.39, 0.29) is 24.1 Å². The minimum absolute atomic E-state index is 0.108. The molecule has 0 saturated carbocycles. The summed E-state index contributed by atoms with van der Waals surface area (Å²) in [5.74, 6) is 0.785. The van der Waals surface area contributed by atoms with Crippen molar-refractivity contribution in [1.29, 1.82) is 0 Å². The van der Waals surface area contributed by atoms with E-state index in [0.29, 0.717) is 56.8 Å². The van der Waals surface area contributed by atoms with Crippen LogP contribution in [0.15, 0.2) is 47.1 Å². The molecule has 1 aliphatic rings. The molecule has 3 aromatic heterocycles. The zero-order valence-electron chi connectivity index (χ0n) is 22.3. The summed E-state index contributed by atoms with van der Waals surface area (Å²) < 4.78 is 34.0. The number of carbonyl (C=O) groups is 1. The van der Waals surface area contributed by atoms with E-state index in [4.69, 9.17) is 14.2 Å². The summed E-state index contributed by atoms with van der Waals surface area (Å²) >= 11 is 4.74. The predicted molar refractivity (Wildman–Crippen MR) is 155 cm³/mol. The van der Waals surface area contributed by atoms with Crippen molar-refractivity contribution in [3.05, 3.63) is 74.7 Å². The molecule has 6 rings (SSSR count). The van der Waals surface area contributed by atoms with Crippen LogP contribution in [0, 0.1) is 12.7 Å². The van der Waals surface area contributed by atoms with Crippen molar-refractivity contribution in [3.63, 3.8) is 0 Å². The monoisotopic (exact) mass is 638 g/mol. The third-order valence-electron chi connectivity index (χ3n) is 6.79. The fourth-order valence-corrected chi connectivity index (χ4v) is 6.33. The van der Waals surface area contributed by atoms with E-state index in [9.17, 15) is 9.18 Å². The lowest BCUT2D eigenvalue weighted by molar-refractivity contribution is 0.103. The molecule has 0 bridgehead atoms. The van der Waals surface area contributed by atoms with Crippen molar-refractivity contribution in [2.45, 2.75) is 26.0 Å². The Kier molecular flexibility index (Phi) is 7.41. The number of aryl methyl sites for hydroxylation is 1. The molecule has 5 aromatic rings. The molecule has 13 heteroatoms. The number of nitrogens with one attached hydrogen (secondary N) is 1. The molecule has 1 amide bonds. The second-order valence-corrected chi connectivity index (χ2v) is 11.3. The minimum atomic E-state index is -0.478. The molecule has 0 spiro atoms. The maximum atomic E-state index is 15.0. The number of ether oxygens (including phenoxy) is 3. The molecule has 0 saturated heterocycles. The topological polar surface area (TPSA) is 113 Å². The second-order valence-electron chi connectivity index (χ2n) is 9.39. The fourth-order valence-electron chi connectivity index (χ4n) is 4.86. The van der Waals surface area contributed by atoms with Gasteiger partial charge in [0.25, 0.3) is 5.91 Å². The van der Waals surface area contributed by atoms with Gasteiger partial charge in [-0.15, -0.1) is 16.4 Å². The highest BCUT2D eigenvalue weighted by Gasteiger charge is 2.26. The van der Waals surface area contributed by atoms with Crippen LogP contribution in [-0.4, -0.2) is 51.7 Å². The Labute approximate surface area is 246 Å². The van der Waals surface area contributed by atoms with Crippen molar-refractivity contribution in [2.24, 2.45) is 0 Å². The molecule has 4 heterocycles. The Morgan fingerprint density at radius 2 is 2.10 bits per heavy atom. The Balaban J connectivity index is 1.28. The fraction of sp³-hybridized carbons (Fsp3) is 0.250. The first-order valence-corrected chi connectivity index (χ1v) is 14.3. The molecule has 2 aromatic carbocycles. The molecule has 1 aliphatic heterocycles. The molecule has 0 unspecified atom stereocenters. The lowest BCUT2D eigenvalue weighted by atomic mass is 10.0. The molecular weight excluding hydrogens is 615 g/mol. The van der Waals surface area contributed by atoms with Gasteiger partial charge in [-0.1, -0.05) is 21.1 Å². The molecule has 41 heavy (non-hydrogen) atoms. The zero-order chi connectivity index (χ0) is 28.7. The third-order valence-corrected chi connectivity index (χ3v) is 8.46. The average molecular weight is 640 g/mol. The molecule has 10 nitrogen and oxygen atoms in total. The number of benzene rings is 2. The summed E-state index contributed by atoms with van der Waals surface area (Å²) in [6.45, 7) is 2.57. The first kappa shape index (κ1) is 27.2. The van der Waals surface area contributed by atoms with Gasteiger partial charge in [-0.25, -0.2) is 14.1 Å². The van der Waals surface area contributed by atoms with Gasteiger partial charge in [0.2, 0.25) is 5.88 Å². The Morgan fingerprint density at radius 1 is 1.24 bits per heavy atom. The number of thiophene rings is 1. The number of halogens is 2. The Morgan fingerprint density at radius 3 is 2.90 bits per heavy atom. The van der Waals surface area contributed by atoms with E-state index in [1.807, 2.05) is 25.1 Å². The summed E-state index contributed by atoms with van der Waals surface area (Å²) in [4.78, 5) is 23.3. The Hall–Kier alpha value is -3.94. The molecule has 0 fully saturated rings. The first-order valence-electron chi connectivity index (χ1n) is 12.6. The van der Waals surface area contributed by atoms with Crippen LogP contribution in [0.25, 0.3) is 21.5 Å². The number of hydrogen-bond acceptors (Lipinski definition) is 9. The van der Waals surface area contributed by atoms with E-state index >= 15 is 0 Å². The summed E-state index contributed by atoms with van der Waals surface area (Å²) in [6, 6.07) is 10.1.